The average molecular weight is 309 g/mol. The van der Waals surface area contributed by atoms with E-state index in [-0.39, 0.29) is 29.6 Å². The van der Waals surface area contributed by atoms with E-state index < -0.39 is 18.0 Å². The fourth-order valence-corrected chi connectivity index (χ4v) is 2.13. The number of carbonyl (C=O) groups is 2. The van der Waals surface area contributed by atoms with E-state index in [4.69, 9.17) is 5.11 Å². The van der Waals surface area contributed by atoms with E-state index in [1.807, 2.05) is 0 Å². The normalized spacial score (nSPS) is 11.7. The first-order valence-corrected chi connectivity index (χ1v) is 7.76. The second-order valence-corrected chi connectivity index (χ2v) is 5.23. The first kappa shape index (κ1) is 23.2. The molecule has 0 aliphatic carbocycles. The number of carboxylic acid groups (broad SMARTS) is 2. The summed E-state index contributed by atoms with van der Waals surface area (Å²) in [5.41, 5.74) is 0. The van der Waals surface area contributed by atoms with Gasteiger partial charge in [0, 0.05) is 0 Å². The summed E-state index contributed by atoms with van der Waals surface area (Å²) in [7, 11) is 0. The van der Waals surface area contributed by atoms with Gasteiger partial charge < -0.3 is 15.0 Å². The Morgan fingerprint density at radius 2 is 1.38 bits per heavy atom. The molecule has 0 fully saturated rings. The molecule has 0 heterocycles. The third-order valence-electron chi connectivity index (χ3n) is 3.36. The topological polar surface area (TPSA) is 89.5 Å². The van der Waals surface area contributed by atoms with Gasteiger partial charge in [0.1, 0.15) is 6.04 Å². The minimum absolute atomic E-state index is 0. The van der Waals surface area contributed by atoms with Gasteiger partial charge in [-0.1, -0.05) is 64.7 Å². The van der Waals surface area contributed by atoms with Crippen LogP contribution in [-0.2, 0) is 9.59 Å². The first-order valence-electron chi connectivity index (χ1n) is 7.76. The minimum atomic E-state index is -1.59. The van der Waals surface area contributed by atoms with Crippen LogP contribution in [0.1, 0.15) is 71.1 Å². The predicted molar refractivity (Wildman–Crippen MR) is 76.3 cm³/mol. The first-order chi connectivity index (χ1) is 9.59. The molecule has 5 nitrogen and oxygen atoms in total. The standard InChI is InChI=1S/C15H29NO4.Na/c1-2-3-4-5-6-7-8-9-10-11-12-16-13(14(17)18)15(19)20;/h13,16H,2-12H2,1H3,(H,17,18)(H,19,20);/q;+1/p-1. The van der Waals surface area contributed by atoms with Crippen molar-refractivity contribution >= 4 is 11.9 Å². The van der Waals surface area contributed by atoms with Crippen LogP contribution in [-0.4, -0.2) is 29.6 Å². The van der Waals surface area contributed by atoms with E-state index in [2.05, 4.69) is 12.2 Å². The number of unbranched alkanes of at least 4 members (excludes halogenated alkanes) is 9. The molecule has 6 heteroatoms. The number of hydrogen-bond acceptors (Lipinski definition) is 4. The largest absolute Gasteiger partial charge is 1.00 e. The van der Waals surface area contributed by atoms with Crippen LogP contribution in [0.5, 0.6) is 0 Å². The van der Waals surface area contributed by atoms with E-state index in [9.17, 15) is 14.7 Å². The summed E-state index contributed by atoms with van der Waals surface area (Å²) in [6.07, 6.45) is 11.9. The smallest absolute Gasteiger partial charge is 0.548 e. The molecule has 0 aromatic carbocycles. The van der Waals surface area contributed by atoms with Crippen LogP contribution >= 0.6 is 0 Å². The summed E-state index contributed by atoms with van der Waals surface area (Å²) >= 11 is 0. The molecule has 0 amide bonds. The van der Waals surface area contributed by atoms with Crippen LogP contribution in [0.2, 0.25) is 0 Å². The van der Waals surface area contributed by atoms with Gasteiger partial charge >= 0.3 is 35.5 Å². The Morgan fingerprint density at radius 3 is 1.76 bits per heavy atom. The van der Waals surface area contributed by atoms with E-state index in [1.165, 1.54) is 44.9 Å². The van der Waals surface area contributed by atoms with Crippen LogP contribution in [0.25, 0.3) is 0 Å². The maximum Gasteiger partial charge on any atom is 1.00 e. The molecule has 0 aliphatic rings. The van der Waals surface area contributed by atoms with Gasteiger partial charge in [-0.25, -0.2) is 0 Å². The number of rotatable bonds is 14. The fraction of sp³-hybridized carbons (Fsp3) is 0.867. The number of hydrogen-bond donors (Lipinski definition) is 2. The third-order valence-corrected chi connectivity index (χ3v) is 3.36. The Hall–Kier alpha value is -0.100. The molecule has 0 aromatic heterocycles. The molecule has 0 saturated carbocycles. The van der Waals surface area contributed by atoms with Gasteiger partial charge in [0.05, 0.1) is 5.97 Å². The van der Waals surface area contributed by atoms with Gasteiger partial charge in [0.15, 0.2) is 0 Å². The van der Waals surface area contributed by atoms with Gasteiger partial charge in [-0.05, 0) is 13.0 Å². The van der Waals surface area contributed by atoms with Crippen molar-refractivity contribution in [2.45, 2.75) is 77.2 Å². The van der Waals surface area contributed by atoms with Crippen molar-refractivity contribution in [2.24, 2.45) is 0 Å². The molecule has 0 radical (unpaired) electrons. The van der Waals surface area contributed by atoms with Gasteiger partial charge in [-0.2, -0.15) is 0 Å². The quantitative estimate of drug-likeness (QED) is 0.237. The van der Waals surface area contributed by atoms with Crippen LogP contribution in [0.15, 0.2) is 0 Å². The van der Waals surface area contributed by atoms with Gasteiger partial charge in [0.2, 0.25) is 0 Å². The molecule has 1 unspecified atom stereocenters. The number of carbonyl (C=O) groups excluding carboxylic acids is 1. The van der Waals surface area contributed by atoms with Crippen molar-refractivity contribution in [2.75, 3.05) is 6.54 Å². The van der Waals surface area contributed by atoms with Crippen molar-refractivity contribution in [3.05, 3.63) is 0 Å². The average Bonchev–Trinajstić information content (AvgIpc) is 2.39. The Balaban J connectivity index is 0. The van der Waals surface area contributed by atoms with Crippen LogP contribution in [0, 0.1) is 0 Å². The molecule has 0 rings (SSSR count). The van der Waals surface area contributed by atoms with Gasteiger partial charge in [-0.15, -0.1) is 0 Å². The zero-order valence-electron chi connectivity index (χ0n) is 13.5. The minimum Gasteiger partial charge on any atom is -0.548 e. The Kier molecular flexibility index (Phi) is 18.0. The molecule has 118 valence electrons. The van der Waals surface area contributed by atoms with Gasteiger partial charge in [0.25, 0.3) is 0 Å². The van der Waals surface area contributed by atoms with Crippen molar-refractivity contribution < 1.29 is 49.4 Å². The fourth-order valence-electron chi connectivity index (χ4n) is 2.13. The summed E-state index contributed by atoms with van der Waals surface area (Å²) in [4.78, 5) is 21.1. The maximum atomic E-state index is 10.6. The summed E-state index contributed by atoms with van der Waals surface area (Å²) in [5.74, 6) is -2.97. The molecule has 0 saturated heterocycles. The molecule has 0 aliphatic heterocycles. The molecule has 1 atom stereocenters. The molecular weight excluding hydrogens is 281 g/mol. The monoisotopic (exact) mass is 309 g/mol. The van der Waals surface area contributed by atoms with E-state index >= 15 is 0 Å². The van der Waals surface area contributed by atoms with Crippen molar-refractivity contribution in [1.82, 2.24) is 5.32 Å². The van der Waals surface area contributed by atoms with E-state index in [0.29, 0.717) is 6.54 Å². The summed E-state index contributed by atoms with van der Waals surface area (Å²) in [6.45, 7) is 2.62. The molecule has 0 aromatic rings. The zero-order valence-corrected chi connectivity index (χ0v) is 15.5. The second-order valence-electron chi connectivity index (χ2n) is 5.23. The van der Waals surface area contributed by atoms with Gasteiger partial charge in [-0.3, -0.25) is 10.1 Å². The van der Waals surface area contributed by atoms with Crippen LogP contribution < -0.4 is 40.0 Å². The summed E-state index contributed by atoms with van der Waals surface area (Å²) in [6, 6.07) is -1.59. The zero-order chi connectivity index (χ0) is 15.2. The number of nitrogens with one attached hydrogen (secondary N) is 1. The number of carboxylic acids is 2. The Labute approximate surface area is 150 Å². The number of aliphatic carboxylic acids is 2. The maximum absolute atomic E-state index is 10.6. The SMILES string of the molecule is CCCCCCCCCCCCNC(C(=O)[O-])C(=O)O.[Na+]. The molecule has 2 N–H and O–H groups in total. The molecule has 0 spiro atoms. The van der Waals surface area contributed by atoms with Crippen molar-refractivity contribution in [1.29, 1.82) is 0 Å². The second kappa shape index (κ2) is 16.3. The third kappa shape index (κ3) is 14.6. The van der Waals surface area contributed by atoms with E-state index in [1.54, 1.807) is 0 Å². The van der Waals surface area contributed by atoms with Crippen LogP contribution in [0.4, 0.5) is 0 Å². The van der Waals surface area contributed by atoms with Crippen molar-refractivity contribution in [3.63, 3.8) is 0 Å². The summed E-state index contributed by atoms with van der Waals surface area (Å²) in [5, 5.41) is 21.6. The van der Waals surface area contributed by atoms with Crippen LogP contribution in [0.3, 0.4) is 0 Å². The Bertz CT molecular complexity index is 260. The Morgan fingerprint density at radius 1 is 0.952 bits per heavy atom. The predicted octanol–water partition coefficient (Wildman–Crippen LogP) is -1.30. The molecule has 0 bridgehead atoms. The van der Waals surface area contributed by atoms with Crippen molar-refractivity contribution in [3.8, 4) is 0 Å². The summed E-state index contributed by atoms with van der Waals surface area (Å²) < 4.78 is 0. The molecule has 21 heavy (non-hydrogen) atoms. The van der Waals surface area contributed by atoms with E-state index in [0.717, 1.165) is 19.3 Å². The molecular formula is C15H28NNaO4.